The third-order valence-electron chi connectivity index (χ3n) is 4.36. The van der Waals surface area contributed by atoms with E-state index in [9.17, 15) is 4.79 Å². The molecule has 0 saturated heterocycles. The number of thiophene rings is 1. The normalized spacial score (nSPS) is 10.8. The molecule has 0 atom stereocenters. The Morgan fingerprint density at radius 2 is 1.96 bits per heavy atom. The molecule has 1 N–H and O–H groups in total. The Kier molecular flexibility index (Phi) is 4.99. The van der Waals surface area contributed by atoms with Crippen LogP contribution >= 0.6 is 11.3 Å². The molecule has 0 bridgehead atoms. The van der Waals surface area contributed by atoms with Crippen LogP contribution in [0.15, 0.2) is 60.1 Å². The molecule has 4 aromatic rings. The number of amides is 1. The van der Waals surface area contributed by atoms with Crippen LogP contribution in [0.3, 0.4) is 0 Å². The maximum absolute atomic E-state index is 12.6. The molecule has 0 aliphatic heterocycles. The maximum Gasteiger partial charge on any atom is 0.230 e. The van der Waals surface area contributed by atoms with E-state index in [1.807, 2.05) is 64.5 Å². The van der Waals surface area contributed by atoms with Gasteiger partial charge in [-0.2, -0.15) is 0 Å². The number of rotatable bonds is 6. The van der Waals surface area contributed by atoms with Crippen LogP contribution in [0, 0.1) is 0 Å². The molecule has 0 unspecified atom stereocenters. The fourth-order valence-electron chi connectivity index (χ4n) is 3.05. The van der Waals surface area contributed by atoms with Crippen LogP contribution in [0.25, 0.3) is 16.9 Å². The molecule has 0 aliphatic rings. The summed E-state index contributed by atoms with van der Waals surface area (Å²) in [6.45, 7) is 0. The summed E-state index contributed by atoms with van der Waals surface area (Å²) in [6, 6.07) is 15.2. The summed E-state index contributed by atoms with van der Waals surface area (Å²) in [6.07, 6.45) is 2.20. The van der Waals surface area contributed by atoms with E-state index in [-0.39, 0.29) is 5.91 Å². The Morgan fingerprint density at radius 1 is 1.11 bits per heavy atom. The highest BCUT2D eigenvalue weighted by Gasteiger charge is 2.18. The van der Waals surface area contributed by atoms with Gasteiger partial charge in [0.05, 0.1) is 20.6 Å². The fourth-order valence-corrected chi connectivity index (χ4v) is 3.75. The summed E-state index contributed by atoms with van der Waals surface area (Å²) in [4.78, 5) is 18.4. The highest BCUT2D eigenvalue weighted by atomic mass is 32.1. The summed E-state index contributed by atoms with van der Waals surface area (Å²) in [5, 5.41) is 5.00. The number of imidazole rings is 1. The lowest BCUT2D eigenvalue weighted by atomic mass is 10.1. The van der Waals surface area contributed by atoms with Gasteiger partial charge in [0.25, 0.3) is 0 Å². The van der Waals surface area contributed by atoms with Crippen molar-refractivity contribution in [2.75, 3.05) is 19.5 Å². The van der Waals surface area contributed by atoms with Crippen molar-refractivity contribution in [1.29, 1.82) is 0 Å². The molecule has 0 aliphatic carbocycles. The van der Waals surface area contributed by atoms with Gasteiger partial charge in [-0.15, -0.1) is 11.3 Å². The highest BCUT2D eigenvalue weighted by Crippen LogP contribution is 2.35. The van der Waals surface area contributed by atoms with Gasteiger partial charge in [0.1, 0.15) is 17.2 Å². The smallest absolute Gasteiger partial charge is 0.230 e. The van der Waals surface area contributed by atoms with E-state index >= 15 is 0 Å². The lowest BCUT2D eigenvalue weighted by Crippen LogP contribution is -2.15. The van der Waals surface area contributed by atoms with Gasteiger partial charge in [0.15, 0.2) is 11.5 Å². The standard InChI is InChI=1S/C21H19N3O3S/c1-26-16-9-8-14(12-17(16)27-2)20-21(24-10-4-3-7-18(24)22-20)23-19(25)13-15-6-5-11-28-15/h3-12H,13H2,1-2H3,(H,23,25). The molecule has 142 valence electrons. The number of hydrogen-bond acceptors (Lipinski definition) is 5. The molecule has 0 spiro atoms. The number of methoxy groups -OCH3 is 2. The molecule has 0 fully saturated rings. The van der Waals surface area contributed by atoms with Crippen molar-refractivity contribution in [3.8, 4) is 22.8 Å². The number of benzene rings is 1. The van der Waals surface area contributed by atoms with Crippen LogP contribution < -0.4 is 14.8 Å². The first-order chi connectivity index (χ1) is 13.7. The number of nitrogens with zero attached hydrogens (tertiary/aromatic N) is 2. The lowest BCUT2D eigenvalue weighted by Gasteiger charge is -2.10. The minimum atomic E-state index is -0.0881. The van der Waals surface area contributed by atoms with E-state index in [2.05, 4.69) is 5.32 Å². The summed E-state index contributed by atoms with van der Waals surface area (Å²) in [5.41, 5.74) is 2.25. The number of anilines is 1. The monoisotopic (exact) mass is 393 g/mol. The summed E-state index contributed by atoms with van der Waals surface area (Å²) < 4.78 is 12.6. The zero-order valence-corrected chi connectivity index (χ0v) is 16.3. The Morgan fingerprint density at radius 3 is 2.71 bits per heavy atom. The van der Waals surface area contributed by atoms with Crippen LogP contribution in [0.4, 0.5) is 5.82 Å². The van der Waals surface area contributed by atoms with Crippen LogP contribution in [0.2, 0.25) is 0 Å². The minimum absolute atomic E-state index is 0.0881. The van der Waals surface area contributed by atoms with Crippen molar-refractivity contribution in [3.63, 3.8) is 0 Å². The second-order valence-corrected chi connectivity index (χ2v) is 7.14. The van der Waals surface area contributed by atoms with Gasteiger partial charge in [-0.1, -0.05) is 12.1 Å². The van der Waals surface area contributed by atoms with E-state index in [0.717, 1.165) is 16.1 Å². The molecule has 4 rings (SSSR count). The van der Waals surface area contributed by atoms with E-state index in [1.54, 1.807) is 25.6 Å². The number of pyridine rings is 1. The van der Waals surface area contributed by atoms with Gasteiger partial charge in [0.2, 0.25) is 5.91 Å². The number of carbonyl (C=O) groups excluding carboxylic acids is 1. The third kappa shape index (κ3) is 3.44. The summed E-state index contributed by atoms with van der Waals surface area (Å²) in [7, 11) is 3.19. The molecule has 6 nitrogen and oxygen atoms in total. The van der Waals surface area contributed by atoms with Crippen molar-refractivity contribution >= 4 is 28.7 Å². The molecule has 3 heterocycles. The van der Waals surface area contributed by atoms with Gasteiger partial charge in [-0.05, 0) is 41.8 Å². The molecule has 7 heteroatoms. The van der Waals surface area contributed by atoms with Crippen LogP contribution in [-0.4, -0.2) is 29.5 Å². The topological polar surface area (TPSA) is 64.9 Å². The van der Waals surface area contributed by atoms with E-state index < -0.39 is 0 Å². The second kappa shape index (κ2) is 7.74. The quantitative estimate of drug-likeness (QED) is 0.532. The average molecular weight is 393 g/mol. The minimum Gasteiger partial charge on any atom is -0.493 e. The molecular formula is C21H19N3O3S. The number of aromatic nitrogens is 2. The van der Waals surface area contributed by atoms with E-state index in [0.29, 0.717) is 29.4 Å². The number of nitrogens with one attached hydrogen (secondary N) is 1. The zero-order valence-electron chi connectivity index (χ0n) is 15.5. The van der Waals surface area contributed by atoms with Gasteiger partial charge in [-0.3, -0.25) is 9.20 Å². The van der Waals surface area contributed by atoms with E-state index in [1.165, 1.54) is 0 Å². The molecule has 1 aromatic carbocycles. The SMILES string of the molecule is COc1ccc(-c2nc3ccccn3c2NC(=O)Cc2cccs2)cc1OC. The first kappa shape index (κ1) is 18.1. The predicted octanol–water partition coefficient (Wildman–Crippen LogP) is 4.26. The first-order valence-corrected chi connectivity index (χ1v) is 9.59. The van der Waals surface area contributed by atoms with Crippen LogP contribution in [0.5, 0.6) is 11.5 Å². The van der Waals surface area contributed by atoms with Crippen molar-refractivity contribution in [2.45, 2.75) is 6.42 Å². The second-order valence-electron chi connectivity index (χ2n) is 6.11. The molecule has 28 heavy (non-hydrogen) atoms. The summed E-state index contributed by atoms with van der Waals surface area (Å²) in [5.74, 6) is 1.78. The highest BCUT2D eigenvalue weighted by molar-refractivity contribution is 7.10. The van der Waals surface area contributed by atoms with Gasteiger partial charge in [0, 0.05) is 16.6 Å². The zero-order chi connectivity index (χ0) is 19.5. The van der Waals surface area contributed by atoms with Crippen molar-refractivity contribution in [2.24, 2.45) is 0 Å². The number of hydrogen-bond donors (Lipinski definition) is 1. The molecule has 0 saturated carbocycles. The predicted molar refractivity (Wildman–Crippen MR) is 110 cm³/mol. The van der Waals surface area contributed by atoms with Crippen LogP contribution in [0.1, 0.15) is 4.88 Å². The third-order valence-corrected chi connectivity index (χ3v) is 5.24. The number of carbonyl (C=O) groups is 1. The first-order valence-electron chi connectivity index (χ1n) is 8.71. The van der Waals surface area contributed by atoms with Gasteiger partial charge >= 0.3 is 0 Å². The average Bonchev–Trinajstić information content (AvgIpc) is 3.35. The number of fused-ring (bicyclic) bond motifs is 1. The summed E-state index contributed by atoms with van der Waals surface area (Å²) >= 11 is 1.56. The Bertz CT molecular complexity index is 1120. The Hall–Kier alpha value is -3.32. The van der Waals surface area contributed by atoms with Crippen molar-refractivity contribution in [1.82, 2.24) is 9.38 Å². The van der Waals surface area contributed by atoms with E-state index in [4.69, 9.17) is 14.5 Å². The molecule has 0 radical (unpaired) electrons. The number of ether oxygens (including phenoxy) is 2. The largest absolute Gasteiger partial charge is 0.493 e. The van der Waals surface area contributed by atoms with Gasteiger partial charge in [-0.25, -0.2) is 4.98 Å². The Balaban J connectivity index is 1.76. The van der Waals surface area contributed by atoms with Crippen molar-refractivity contribution in [3.05, 3.63) is 65.0 Å². The van der Waals surface area contributed by atoms with Crippen LogP contribution in [-0.2, 0) is 11.2 Å². The molecule has 1 amide bonds. The molecular weight excluding hydrogens is 374 g/mol. The maximum atomic E-state index is 12.6. The van der Waals surface area contributed by atoms with Crippen molar-refractivity contribution < 1.29 is 14.3 Å². The van der Waals surface area contributed by atoms with Gasteiger partial charge < -0.3 is 14.8 Å². The fraction of sp³-hybridized carbons (Fsp3) is 0.143. The lowest BCUT2D eigenvalue weighted by molar-refractivity contribution is -0.115. The Labute approximate surface area is 166 Å². The molecule has 3 aromatic heterocycles.